The molecule has 2 rings (SSSR count). The number of anilines is 1. The minimum Gasteiger partial charge on any atom is -0.365 e. The largest absolute Gasteiger partial charge is 0.365 e. The van der Waals surface area contributed by atoms with Gasteiger partial charge in [-0.1, -0.05) is 18.5 Å². The van der Waals surface area contributed by atoms with E-state index in [2.05, 4.69) is 28.9 Å². The molecule has 2 heterocycles. The number of aromatic nitrogens is 2. The highest BCUT2D eigenvalue weighted by molar-refractivity contribution is 6.29. The summed E-state index contributed by atoms with van der Waals surface area (Å²) < 4.78 is 0. The standard InChI is InChI=1S/C11H15ClN4O/c1-6-3-4-16(7(6)2)11-8(10(13)17)5-9(12)14-15-11/h5-7H,3-4H2,1-2H3,(H2,13,17). The number of hydrogen-bond acceptors (Lipinski definition) is 4. The summed E-state index contributed by atoms with van der Waals surface area (Å²) in [6.45, 7) is 5.15. The molecule has 1 aromatic heterocycles. The zero-order chi connectivity index (χ0) is 12.6. The van der Waals surface area contributed by atoms with Crippen molar-refractivity contribution in [3.8, 4) is 0 Å². The molecular formula is C11H15ClN4O. The van der Waals surface area contributed by atoms with Crippen LogP contribution in [0.25, 0.3) is 0 Å². The summed E-state index contributed by atoms with van der Waals surface area (Å²) >= 11 is 5.73. The molecular weight excluding hydrogens is 240 g/mol. The van der Waals surface area contributed by atoms with Crippen LogP contribution in [0, 0.1) is 5.92 Å². The predicted octanol–water partition coefficient (Wildman–Crippen LogP) is 1.46. The molecule has 1 amide bonds. The summed E-state index contributed by atoms with van der Waals surface area (Å²) in [5.74, 6) is 0.579. The molecule has 0 aliphatic carbocycles. The molecule has 0 radical (unpaired) electrons. The Morgan fingerprint density at radius 2 is 2.24 bits per heavy atom. The topological polar surface area (TPSA) is 72.1 Å². The average molecular weight is 255 g/mol. The maximum atomic E-state index is 11.4. The van der Waals surface area contributed by atoms with Gasteiger partial charge in [0.15, 0.2) is 11.0 Å². The number of amides is 1. The molecule has 92 valence electrons. The van der Waals surface area contributed by atoms with Gasteiger partial charge in [-0.15, -0.1) is 10.2 Å². The fraction of sp³-hybridized carbons (Fsp3) is 0.545. The lowest BCUT2D eigenvalue weighted by Gasteiger charge is -2.25. The summed E-state index contributed by atoms with van der Waals surface area (Å²) in [5, 5.41) is 7.98. The Morgan fingerprint density at radius 1 is 1.53 bits per heavy atom. The van der Waals surface area contributed by atoms with E-state index in [0.29, 0.717) is 23.3 Å². The second kappa shape index (κ2) is 4.49. The second-order valence-corrected chi connectivity index (χ2v) is 4.86. The van der Waals surface area contributed by atoms with Crippen molar-refractivity contribution < 1.29 is 4.79 Å². The Balaban J connectivity index is 2.42. The van der Waals surface area contributed by atoms with Crippen LogP contribution >= 0.6 is 11.6 Å². The smallest absolute Gasteiger partial charge is 0.252 e. The van der Waals surface area contributed by atoms with Gasteiger partial charge >= 0.3 is 0 Å². The highest BCUT2D eigenvalue weighted by atomic mass is 35.5. The lowest BCUT2D eigenvalue weighted by Crippen LogP contribution is -2.32. The van der Waals surface area contributed by atoms with Gasteiger partial charge in [-0.3, -0.25) is 4.79 Å². The first-order valence-electron chi connectivity index (χ1n) is 5.60. The van der Waals surface area contributed by atoms with Crippen molar-refractivity contribution in [3.63, 3.8) is 0 Å². The van der Waals surface area contributed by atoms with Gasteiger partial charge in [-0.25, -0.2) is 0 Å². The summed E-state index contributed by atoms with van der Waals surface area (Å²) in [6.07, 6.45) is 1.07. The molecule has 1 aliphatic rings. The van der Waals surface area contributed by atoms with Crippen molar-refractivity contribution in [1.29, 1.82) is 0 Å². The fourth-order valence-corrected chi connectivity index (χ4v) is 2.30. The molecule has 1 aliphatic heterocycles. The molecule has 6 heteroatoms. The molecule has 2 unspecified atom stereocenters. The van der Waals surface area contributed by atoms with Crippen LogP contribution in [-0.2, 0) is 0 Å². The SMILES string of the molecule is CC1CCN(c2nnc(Cl)cc2C(N)=O)C1C. The Bertz CT molecular complexity index is 451. The molecule has 0 aromatic carbocycles. The molecule has 1 fully saturated rings. The summed E-state index contributed by atoms with van der Waals surface area (Å²) in [5.41, 5.74) is 5.68. The Morgan fingerprint density at radius 3 is 2.76 bits per heavy atom. The molecule has 17 heavy (non-hydrogen) atoms. The van der Waals surface area contributed by atoms with E-state index in [-0.39, 0.29) is 5.15 Å². The van der Waals surface area contributed by atoms with E-state index in [1.54, 1.807) is 0 Å². The summed E-state index contributed by atoms with van der Waals surface area (Å²) in [7, 11) is 0. The van der Waals surface area contributed by atoms with Gasteiger partial charge in [0.25, 0.3) is 5.91 Å². The fourth-order valence-electron chi connectivity index (χ4n) is 2.15. The first-order valence-corrected chi connectivity index (χ1v) is 5.98. The molecule has 0 bridgehead atoms. The van der Waals surface area contributed by atoms with Crippen LogP contribution in [0.15, 0.2) is 6.07 Å². The van der Waals surface area contributed by atoms with Crippen molar-refractivity contribution in [3.05, 3.63) is 16.8 Å². The quantitative estimate of drug-likeness (QED) is 0.867. The first-order chi connectivity index (χ1) is 8.00. The average Bonchev–Trinajstić information content (AvgIpc) is 2.60. The Hall–Kier alpha value is -1.36. The number of halogens is 1. The third-order valence-corrected chi connectivity index (χ3v) is 3.61. The lowest BCUT2D eigenvalue weighted by atomic mass is 10.1. The van der Waals surface area contributed by atoms with E-state index in [9.17, 15) is 4.79 Å². The van der Waals surface area contributed by atoms with Gasteiger partial charge in [0.05, 0.1) is 5.56 Å². The van der Waals surface area contributed by atoms with Crippen LogP contribution < -0.4 is 10.6 Å². The highest BCUT2D eigenvalue weighted by Gasteiger charge is 2.31. The summed E-state index contributed by atoms with van der Waals surface area (Å²) in [6, 6.07) is 1.80. The number of rotatable bonds is 2. The number of nitrogens with two attached hydrogens (primary N) is 1. The third kappa shape index (κ3) is 2.20. The van der Waals surface area contributed by atoms with Crippen molar-refractivity contribution in [2.75, 3.05) is 11.4 Å². The Kier molecular flexibility index (Phi) is 3.19. The number of hydrogen-bond donors (Lipinski definition) is 1. The van der Waals surface area contributed by atoms with Gasteiger partial charge < -0.3 is 10.6 Å². The van der Waals surface area contributed by atoms with Crippen molar-refractivity contribution in [2.45, 2.75) is 26.3 Å². The van der Waals surface area contributed by atoms with E-state index < -0.39 is 5.91 Å². The van der Waals surface area contributed by atoms with Crippen molar-refractivity contribution in [2.24, 2.45) is 11.7 Å². The summed E-state index contributed by atoms with van der Waals surface area (Å²) in [4.78, 5) is 13.5. The minimum atomic E-state index is -0.524. The number of nitrogens with zero attached hydrogens (tertiary/aromatic N) is 3. The first kappa shape index (κ1) is 12.1. The van der Waals surface area contributed by atoms with Crippen LogP contribution in [0.3, 0.4) is 0 Å². The zero-order valence-electron chi connectivity index (χ0n) is 9.85. The molecule has 5 nitrogen and oxygen atoms in total. The van der Waals surface area contributed by atoms with Gasteiger partial charge in [0.1, 0.15) is 0 Å². The van der Waals surface area contributed by atoms with Crippen molar-refractivity contribution >= 4 is 23.3 Å². The zero-order valence-corrected chi connectivity index (χ0v) is 10.6. The van der Waals surface area contributed by atoms with E-state index in [0.717, 1.165) is 13.0 Å². The monoisotopic (exact) mass is 254 g/mol. The van der Waals surface area contributed by atoms with Gasteiger partial charge in [-0.2, -0.15) is 0 Å². The highest BCUT2D eigenvalue weighted by Crippen LogP contribution is 2.30. The second-order valence-electron chi connectivity index (χ2n) is 4.47. The lowest BCUT2D eigenvalue weighted by molar-refractivity contribution is 0.1000. The molecule has 0 spiro atoms. The molecule has 1 saturated heterocycles. The molecule has 1 aromatic rings. The number of carbonyl (C=O) groups excluding carboxylic acids is 1. The maximum Gasteiger partial charge on any atom is 0.252 e. The van der Waals surface area contributed by atoms with Crippen LogP contribution in [0.4, 0.5) is 5.82 Å². The normalized spacial score (nSPS) is 24.1. The van der Waals surface area contributed by atoms with Crippen LogP contribution in [0.1, 0.15) is 30.6 Å². The number of primary amides is 1. The molecule has 0 saturated carbocycles. The van der Waals surface area contributed by atoms with Gasteiger partial charge in [-0.05, 0) is 25.3 Å². The predicted molar refractivity (Wildman–Crippen MR) is 66.1 cm³/mol. The third-order valence-electron chi connectivity index (χ3n) is 3.42. The van der Waals surface area contributed by atoms with Gasteiger partial charge in [0.2, 0.25) is 0 Å². The Labute approximate surface area is 105 Å². The van der Waals surface area contributed by atoms with E-state index >= 15 is 0 Å². The molecule has 2 N–H and O–H groups in total. The van der Waals surface area contributed by atoms with E-state index in [4.69, 9.17) is 17.3 Å². The minimum absolute atomic E-state index is 0.183. The maximum absolute atomic E-state index is 11.4. The number of carbonyl (C=O) groups is 1. The van der Waals surface area contributed by atoms with E-state index in [1.165, 1.54) is 6.07 Å². The van der Waals surface area contributed by atoms with Crippen LogP contribution in [0.5, 0.6) is 0 Å². The van der Waals surface area contributed by atoms with E-state index in [1.807, 2.05) is 0 Å². The molecule has 2 atom stereocenters. The van der Waals surface area contributed by atoms with Crippen LogP contribution in [0.2, 0.25) is 5.15 Å². The van der Waals surface area contributed by atoms with Crippen molar-refractivity contribution in [1.82, 2.24) is 10.2 Å². The van der Waals surface area contributed by atoms with Gasteiger partial charge in [0, 0.05) is 12.6 Å². The van der Waals surface area contributed by atoms with Crippen LogP contribution in [-0.4, -0.2) is 28.7 Å².